The van der Waals surface area contributed by atoms with Crippen molar-refractivity contribution in [2.45, 2.75) is 22.2 Å². The number of halogens is 7. The molecule has 0 radical (unpaired) electrons. The first-order valence-corrected chi connectivity index (χ1v) is 6.46. The van der Waals surface area contributed by atoms with Gasteiger partial charge in [0.15, 0.2) is 0 Å². The molecule has 1 rings (SSSR count). The van der Waals surface area contributed by atoms with Gasteiger partial charge >= 0.3 is 17.4 Å². The average molecular weight is 326 g/mol. The predicted octanol–water partition coefficient (Wildman–Crippen LogP) is 2.92. The lowest BCUT2D eigenvalue weighted by atomic mass is 10.3. The normalized spacial score (nSPS) is 16.6. The van der Waals surface area contributed by atoms with Gasteiger partial charge in [-0.25, -0.2) is 0 Å². The van der Waals surface area contributed by atoms with E-state index in [-0.39, 0.29) is 12.1 Å². The fraction of sp³-hybridized carbons (Fsp3) is 0.333. The van der Waals surface area contributed by atoms with Crippen molar-refractivity contribution in [2.75, 3.05) is 0 Å². The lowest BCUT2D eigenvalue weighted by molar-refractivity contribution is -0.335. The molecule has 0 fully saturated rings. The van der Waals surface area contributed by atoms with Crippen molar-refractivity contribution in [2.24, 2.45) is 0 Å². The minimum Gasteiger partial charge on any atom is -0.791 e. The molecule has 1 aromatic carbocycles. The topological polar surface area (TPSA) is 63.2 Å². The highest BCUT2D eigenvalue weighted by molar-refractivity contribution is 8.11. The van der Waals surface area contributed by atoms with Crippen LogP contribution in [0, 0.1) is 0 Å². The van der Waals surface area contributed by atoms with Crippen molar-refractivity contribution in [3.8, 4) is 0 Å². The quantitative estimate of drug-likeness (QED) is 0.802. The Morgan fingerprint density at radius 1 is 0.850 bits per heavy atom. The van der Waals surface area contributed by atoms with Crippen LogP contribution in [-0.4, -0.2) is 30.7 Å². The van der Waals surface area contributed by atoms with E-state index >= 15 is 0 Å². The molecule has 0 aromatic heterocycles. The number of hydrogen-bond donors (Lipinski definition) is 0. The van der Waals surface area contributed by atoms with E-state index in [1.54, 1.807) is 0 Å². The van der Waals surface area contributed by atoms with Gasteiger partial charge in [-0.05, 0) is 17.0 Å². The molecule has 3 nitrogen and oxygen atoms in total. The lowest BCUT2D eigenvalue weighted by Crippen LogP contribution is -2.64. The molecule has 0 aliphatic heterocycles. The third-order valence-corrected chi connectivity index (χ3v) is 4.54. The number of alkyl halides is 7. The summed E-state index contributed by atoms with van der Waals surface area (Å²) in [4.78, 5) is -1.88. The van der Waals surface area contributed by atoms with Crippen LogP contribution < -0.4 is 0 Å². The molecular weight excluding hydrogens is 321 g/mol. The van der Waals surface area contributed by atoms with Crippen LogP contribution in [0.5, 0.6) is 0 Å². The van der Waals surface area contributed by atoms with Gasteiger partial charge in [0.25, 0.3) is 0 Å². The molecule has 1 aromatic rings. The molecule has 0 amide bonds. The van der Waals surface area contributed by atoms with Gasteiger partial charge < -0.3 is 9.11 Å². The Morgan fingerprint density at radius 3 is 1.60 bits per heavy atom. The Labute approximate surface area is 107 Å². The van der Waals surface area contributed by atoms with Gasteiger partial charge in [0.2, 0.25) is 0 Å². The predicted molar refractivity (Wildman–Crippen MR) is 50.4 cm³/mol. The molecule has 0 N–H and O–H groups in total. The van der Waals surface area contributed by atoms with Crippen LogP contribution in [-0.2, 0) is 9.63 Å². The summed E-state index contributed by atoms with van der Waals surface area (Å²) >= 11 is 0. The van der Waals surface area contributed by atoms with Gasteiger partial charge in [0.1, 0.15) is 0 Å². The highest BCUT2D eigenvalue weighted by atomic mass is 32.3. The van der Waals surface area contributed by atoms with E-state index in [0.29, 0.717) is 0 Å². The van der Waals surface area contributed by atoms with Crippen molar-refractivity contribution in [1.29, 1.82) is 0 Å². The summed E-state index contributed by atoms with van der Waals surface area (Å²) in [6.07, 6.45) is -6.91. The van der Waals surface area contributed by atoms with Gasteiger partial charge in [0, 0.05) is 0 Å². The van der Waals surface area contributed by atoms with Crippen LogP contribution in [0.25, 0.3) is 0 Å². The maximum atomic E-state index is 13.2. The Bertz CT molecular complexity index is 561. The number of benzene rings is 1. The zero-order valence-electron chi connectivity index (χ0n) is 9.17. The fourth-order valence-electron chi connectivity index (χ4n) is 1.19. The second-order valence-electron chi connectivity index (χ2n) is 3.71. The molecule has 0 heterocycles. The van der Waals surface area contributed by atoms with Crippen molar-refractivity contribution >= 4 is 9.63 Å². The van der Waals surface area contributed by atoms with Gasteiger partial charge in [-0.15, -0.1) is 9.63 Å². The largest absolute Gasteiger partial charge is 0.791 e. The first kappa shape index (κ1) is 16.9. The van der Waals surface area contributed by atoms with Crippen LogP contribution in [0.2, 0.25) is 0 Å². The van der Waals surface area contributed by atoms with E-state index in [1.165, 1.54) is 0 Å². The molecule has 0 aliphatic carbocycles. The summed E-state index contributed by atoms with van der Waals surface area (Å²) in [7, 11) is -8.30. The lowest BCUT2D eigenvalue weighted by Gasteiger charge is -2.60. The smallest absolute Gasteiger partial charge is 0.460 e. The van der Waals surface area contributed by atoms with Crippen molar-refractivity contribution in [1.82, 2.24) is 0 Å². The van der Waals surface area contributed by atoms with Gasteiger partial charge in [-0.1, -0.05) is 18.2 Å². The van der Waals surface area contributed by atoms with E-state index in [0.717, 1.165) is 18.2 Å². The molecule has 20 heavy (non-hydrogen) atoms. The molecule has 0 unspecified atom stereocenters. The third kappa shape index (κ3) is 2.09. The molecule has 0 spiro atoms. The highest BCUT2D eigenvalue weighted by Gasteiger charge is 2.76. The molecule has 0 bridgehead atoms. The van der Waals surface area contributed by atoms with E-state index in [2.05, 4.69) is 0 Å². The van der Waals surface area contributed by atoms with Crippen LogP contribution in [0.15, 0.2) is 35.2 Å². The molecule has 0 atom stereocenters. The number of sulfone groups is 3. The van der Waals surface area contributed by atoms with Gasteiger partial charge in [0.05, 0.1) is 0 Å². The molecular formula is C9H5F7O3S-2. The second-order valence-corrected chi connectivity index (χ2v) is 6.30. The Morgan fingerprint density at radius 2 is 1.25 bits per heavy atom. The maximum Gasteiger partial charge on any atom is 0.460 e. The maximum absolute atomic E-state index is 13.2. The van der Waals surface area contributed by atoms with Crippen LogP contribution >= 0.6 is 0 Å². The minimum absolute atomic E-state index is 0.204. The van der Waals surface area contributed by atoms with Crippen molar-refractivity contribution in [3.63, 3.8) is 0 Å². The summed E-state index contributed by atoms with van der Waals surface area (Å²) in [6.45, 7) is 0. The summed E-state index contributed by atoms with van der Waals surface area (Å²) < 4.78 is 121. The first-order valence-electron chi connectivity index (χ1n) is 4.64. The minimum atomic E-state index is -8.30. The van der Waals surface area contributed by atoms with E-state index in [4.69, 9.17) is 0 Å². The Kier molecular flexibility index (Phi) is 3.50. The monoisotopic (exact) mass is 326 g/mol. The van der Waals surface area contributed by atoms with Crippen LogP contribution in [0.1, 0.15) is 0 Å². The second kappa shape index (κ2) is 4.15. The SMILES string of the molecule is O=S([O-])([O-])(c1ccccc1)C(F)(F)C(F)(F)C(F)(F)F. The molecule has 0 aliphatic rings. The fourth-order valence-corrected chi connectivity index (χ4v) is 2.67. The Hall–Kier alpha value is -1.20. The summed E-state index contributed by atoms with van der Waals surface area (Å²) in [5.41, 5.74) is 0. The van der Waals surface area contributed by atoms with Gasteiger partial charge in [-0.2, -0.15) is 30.7 Å². The zero-order chi connectivity index (χ0) is 16.1. The van der Waals surface area contributed by atoms with E-state index in [9.17, 15) is 44.0 Å². The Balaban J connectivity index is 3.59. The first-order chi connectivity index (χ1) is 8.64. The highest BCUT2D eigenvalue weighted by Crippen LogP contribution is 2.57. The summed E-state index contributed by atoms with van der Waals surface area (Å²) in [5.74, 6) is -7.04. The third-order valence-electron chi connectivity index (χ3n) is 2.31. The summed E-state index contributed by atoms with van der Waals surface area (Å²) in [6, 6.07) is 2.90. The van der Waals surface area contributed by atoms with E-state index < -0.39 is 31.9 Å². The van der Waals surface area contributed by atoms with Crippen LogP contribution in [0.4, 0.5) is 30.7 Å². The van der Waals surface area contributed by atoms with Gasteiger partial charge in [-0.3, -0.25) is 4.21 Å². The van der Waals surface area contributed by atoms with Crippen molar-refractivity contribution < 1.29 is 44.0 Å². The average Bonchev–Trinajstić information content (AvgIpc) is 2.27. The standard InChI is InChI=1S/C9H7F7O3S/c10-7(11,8(12,13)14)9(15,16)20(17,18,19)6-4-2-1-3-5-6/h1-5H,(H2,17,18,19)/p-2. The molecule has 0 saturated carbocycles. The molecule has 11 heteroatoms. The molecule has 0 saturated heterocycles. The zero-order valence-corrected chi connectivity index (χ0v) is 9.98. The van der Waals surface area contributed by atoms with E-state index in [1.807, 2.05) is 0 Å². The number of hydrogen-bond acceptors (Lipinski definition) is 3. The summed E-state index contributed by atoms with van der Waals surface area (Å²) in [5, 5.41) is -6.90. The number of rotatable bonds is 3. The molecule has 116 valence electrons. The van der Waals surface area contributed by atoms with Crippen LogP contribution in [0.3, 0.4) is 0 Å². The van der Waals surface area contributed by atoms with Crippen molar-refractivity contribution in [3.05, 3.63) is 30.3 Å².